The van der Waals surface area contributed by atoms with Crippen LogP contribution in [0.1, 0.15) is 73.9 Å². The van der Waals surface area contributed by atoms with Gasteiger partial charge in [-0.2, -0.15) is 0 Å². The van der Waals surface area contributed by atoms with Crippen LogP contribution < -0.4 is 0 Å². The molecule has 3 aliphatic rings. The molecule has 12 nitrogen and oxygen atoms in total. The van der Waals surface area contributed by atoms with Crippen molar-refractivity contribution < 1.29 is 48.0 Å². The van der Waals surface area contributed by atoms with E-state index in [1.807, 2.05) is 30.3 Å². The predicted molar refractivity (Wildman–Crippen MR) is 177 cm³/mol. The number of ether oxygens (including phenoxy) is 5. The fraction of sp³-hybridized carbons (Fsp3) is 0.421. The highest BCUT2D eigenvalue weighted by atomic mass is 16.6. The number of esters is 4. The maximum atomic E-state index is 13.9. The van der Waals surface area contributed by atoms with Crippen molar-refractivity contribution in [2.45, 2.75) is 88.7 Å². The highest BCUT2D eigenvalue weighted by Crippen LogP contribution is 2.69. The number of aromatic nitrogens is 2. The van der Waals surface area contributed by atoms with Gasteiger partial charge in [0.15, 0.2) is 11.8 Å². The number of hydrogen-bond donors (Lipinski definition) is 1. The summed E-state index contributed by atoms with van der Waals surface area (Å²) in [4.78, 5) is 62.1. The van der Waals surface area contributed by atoms with Crippen LogP contribution in [-0.4, -0.2) is 80.2 Å². The largest absolute Gasteiger partial charge is 0.462 e. The van der Waals surface area contributed by atoms with Crippen LogP contribution in [0.5, 0.6) is 0 Å². The molecule has 1 saturated heterocycles. The molecule has 1 aromatic heterocycles. The number of fused-ring (bicyclic) bond motifs is 1. The number of hydrogen-bond acceptors (Lipinski definition) is 12. The molecule has 2 bridgehead atoms. The molecule has 2 aromatic carbocycles. The molecule has 8 atom stereocenters. The van der Waals surface area contributed by atoms with Crippen molar-refractivity contribution in [1.82, 2.24) is 9.97 Å². The van der Waals surface area contributed by atoms with Crippen molar-refractivity contribution in [3.8, 4) is 0 Å². The van der Waals surface area contributed by atoms with Gasteiger partial charge in [-0.3, -0.25) is 9.78 Å². The van der Waals surface area contributed by atoms with Gasteiger partial charge in [-0.05, 0) is 64.3 Å². The quantitative estimate of drug-likeness (QED) is 0.201. The van der Waals surface area contributed by atoms with Gasteiger partial charge in [0.2, 0.25) is 0 Å². The molecule has 50 heavy (non-hydrogen) atoms. The molecule has 1 spiro atoms. The summed E-state index contributed by atoms with van der Waals surface area (Å²) in [5.74, 6) is -4.03. The molecule has 0 radical (unpaired) electrons. The van der Waals surface area contributed by atoms with E-state index in [1.54, 1.807) is 64.1 Å². The first-order chi connectivity index (χ1) is 23.7. The Bertz CT molecular complexity index is 1780. The number of carbonyl (C=O) groups excluding carboxylic acids is 4. The summed E-state index contributed by atoms with van der Waals surface area (Å²) in [5.41, 5.74) is -5.72. The molecule has 2 aliphatic carbocycles. The van der Waals surface area contributed by atoms with Gasteiger partial charge in [-0.25, -0.2) is 19.4 Å². The molecule has 0 unspecified atom stereocenters. The Morgan fingerprint density at radius 2 is 1.52 bits per heavy atom. The Morgan fingerprint density at radius 1 is 0.860 bits per heavy atom. The van der Waals surface area contributed by atoms with E-state index >= 15 is 0 Å². The zero-order chi connectivity index (χ0) is 35.9. The smallest absolute Gasteiger partial charge is 0.358 e. The van der Waals surface area contributed by atoms with Crippen LogP contribution in [0, 0.1) is 11.3 Å². The minimum absolute atomic E-state index is 0.0617. The van der Waals surface area contributed by atoms with Crippen LogP contribution in [0.4, 0.5) is 0 Å². The summed E-state index contributed by atoms with van der Waals surface area (Å²) in [6.07, 6.45) is 1.91. The lowest BCUT2D eigenvalue weighted by Crippen LogP contribution is -2.81. The summed E-state index contributed by atoms with van der Waals surface area (Å²) in [7, 11) is 0. The lowest BCUT2D eigenvalue weighted by molar-refractivity contribution is -0.335. The van der Waals surface area contributed by atoms with Crippen LogP contribution in [0.3, 0.4) is 0 Å². The molecule has 6 rings (SSSR count). The maximum Gasteiger partial charge on any atom is 0.358 e. The lowest BCUT2D eigenvalue weighted by Gasteiger charge is -2.64. The van der Waals surface area contributed by atoms with E-state index in [1.165, 1.54) is 31.6 Å². The zero-order valence-corrected chi connectivity index (χ0v) is 28.5. The van der Waals surface area contributed by atoms with Crippen LogP contribution >= 0.6 is 0 Å². The Morgan fingerprint density at radius 3 is 2.16 bits per heavy atom. The average Bonchev–Trinajstić information content (AvgIpc) is 3.30. The summed E-state index contributed by atoms with van der Waals surface area (Å²) < 4.78 is 31.8. The van der Waals surface area contributed by atoms with Gasteiger partial charge in [0, 0.05) is 25.4 Å². The van der Waals surface area contributed by atoms with E-state index in [0.29, 0.717) is 0 Å². The molecule has 1 N–H and O–H groups in total. The minimum atomic E-state index is -1.87. The number of benzene rings is 2. The monoisotopic (exact) mass is 684 g/mol. The highest BCUT2D eigenvalue weighted by Gasteiger charge is 2.85. The number of aliphatic hydroxyl groups is 1. The van der Waals surface area contributed by atoms with Gasteiger partial charge < -0.3 is 28.8 Å². The summed E-state index contributed by atoms with van der Waals surface area (Å²) in [6, 6.07) is 17.4. The third-order valence-corrected chi connectivity index (χ3v) is 10.4. The molecule has 12 heteroatoms. The van der Waals surface area contributed by atoms with Crippen LogP contribution in [0.2, 0.25) is 0 Å². The topological polar surface area (TPSA) is 160 Å². The Labute approximate surface area is 289 Å². The lowest BCUT2D eigenvalue weighted by atomic mass is 9.47. The maximum absolute atomic E-state index is 13.9. The molecule has 2 heterocycles. The van der Waals surface area contributed by atoms with Crippen LogP contribution in [0.25, 0.3) is 6.08 Å². The first-order valence-corrected chi connectivity index (χ1v) is 16.5. The van der Waals surface area contributed by atoms with Crippen LogP contribution in [0.15, 0.2) is 85.3 Å². The fourth-order valence-electron chi connectivity index (χ4n) is 8.30. The first-order valence-electron chi connectivity index (χ1n) is 16.5. The summed E-state index contributed by atoms with van der Waals surface area (Å²) in [6.45, 7) is 7.91. The van der Waals surface area contributed by atoms with Crippen molar-refractivity contribution in [2.75, 3.05) is 0 Å². The fourth-order valence-corrected chi connectivity index (χ4v) is 8.30. The predicted octanol–water partition coefficient (Wildman–Crippen LogP) is 4.51. The van der Waals surface area contributed by atoms with Crippen molar-refractivity contribution in [1.29, 1.82) is 0 Å². The van der Waals surface area contributed by atoms with Gasteiger partial charge in [0.25, 0.3) is 0 Å². The summed E-state index contributed by atoms with van der Waals surface area (Å²) >= 11 is 0. The van der Waals surface area contributed by atoms with E-state index in [-0.39, 0.29) is 24.1 Å². The SMILES string of the molecule is CC(=O)O[C@H]1CC[C@](C)(O)[C@]23OC(C)(C)[C@H]([C@H](OC(=O)/C=C\c4ccccc4)[C@H](OC(=O)c4ccccc4)[C@]12C)[C@H]3OC(=O)c1cnccn1. The summed E-state index contributed by atoms with van der Waals surface area (Å²) in [5, 5.41) is 12.5. The molecule has 262 valence electrons. The van der Waals surface area contributed by atoms with E-state index in [4.69, 9.17) is 23.7 Å². The Kier molecular flexibility index (Phi) is 9.12. The standard InChI is InChI=1S/C38H40N2O10/c1-23(41)46-27-18-19-36(4,45)38-31(48-34(44)26-22-39-20-21-40-26)29(35(2,3)50-38)30(47-28(42)17-16-24-12-8-6-9-13-24)32(37(27,38)5)49-33(43)25-14-10-7-11-15-25/h6-17,20-22,27,29-32,45H,18-19H2,1-5H3/b17-16-/t27-,29+,30-,31+,32-,36-,37-,38-/m0/s1. The molecule has 0 amide bonds. The van der Waals surface area contributed by atoms with Gasteiger partial charge in [-0.1, -0.05) is 48.5 Å². The molecule has 3 aromatic rings. The third kappa shape index (κ3) is 5.86. The molecular formula is C38H40N2O10. The normalized spacial score (nSPS) is 32.4. The Hall–Kier alpha value is -4.94. The zero-order valence-electron chi connectivity index (χ0n) is 28.5. The van der Waals surface area contributed by atoms with Crippen molar-refractivity contribution in [2.24, 2.45) is 11.3 Å². The van der Waals surface area contributed by atoms with Gasteiger partial charge in [0.05, 0.1) is 34.3 Å². The molecule has 1 aliphatic heterocycles. The van der Waals surface area contributed by atoms with Gasteiger partial charge >= 0.3 is 23.9 Å². The van der Waals surface area contributed by atoms with E-state index in [9.17, 15) is 24.3 Å². The van der Waals surface area contributed by atoms with Crippen molar-refractivity contribution >= 4 is 30.0 Å². The molecular weight excluding hydrogens is 644 g/mol. The Balaban J connectivity index is 1.54. The van der Waals surface area contributed by atoms with E-state index in [2.05, 4.69) is 9.97 Å². The number of carbonyl (C=O) groups is 4. The minimum Gasteiger partial charge on any atom is -0.462 e. The van der Waals surface area contributed by atoms with Crippen LogP contribution in [-0.2, 0) is 33.3 Å². The first kappa shape index (κ1) is 34.9. The second kappa shape index (κ2) is 13.1. The van der Waals surface area contributed by atoms with E-state index in [0.717, 1.165) is 5.56 Å². The number of nitrogens with zero attached hydrogens (tertiary/aromatic N) is 2. The van der Waals surface area contributed by atoms with Crippen molar-refractivity contribution in [3.63, 3.8) is 0 Å². The third-order valence-electron chi connectivity index (χ3n) is 10.4. The molecule has 3 fully saturated rings. The van der Waals surface area contributed by atoms with E-state index < -0.39 is 76.4 Å². The second-order valence-electron chi connectivity index (χ2n) is 13.9. The second-order valence-corrected chi connectivity index (χ2v) is 13.9. The van der Waals surface area contributed by atoms with Gasteiger partial charge in [0.1, 0.15) is 23.9 Å². The molecule has 2 saturated carbocycles. The van der Waals surface area contributed by atoms with Gasteiger partial charge in [-0.15, -0.1) is 0 Å². The van der Waals surface area contributed by atoms with Crippen molar-refractivity contribution in [3.05, 3.63) is 102 Å². The average molecular weight is 685 g/mol. The number of rotatable bonds is 8. The highest BCUT2D eigenvalue weighted by molar-refractivity contribution is 5.90.